The van der Waals surface area contributed by atoms with Gasteiger partial charge in [0.25, 0.3) is 5.91 Å². The van der Waals surface area contributed by atoms with Crippen molar-refractivity contribution in [2.75, 3.05) is 17.2 Å². The summed E-state index contributed by atoms with van der Waals surface area (Å²) in [5.41, 5.74) is 0.579. The zero-order chi connectivity index (χ0) is 15.2. The highest BCUT2D eigenvalue weighted by Gasteiger charge is 2.11. The monoisotopic (exact) mass is 286 g/mol. The molecule has 1 heterocycles. The number of aryl methyl sites for hydroxylation is 1. The van der Waals surface area contributed by atoms with Crippen LogP contribution in [0.5, 0.6) is 0 Å². The van der Waals surface area contributed by atoms with E-state index in [9.17, 15) is 9.18 Å². The van der Waals surface area contributed by atoms with E-state index in [2.05, 4.69) is 27.2 Å². The molecule has 0 aliphatic carbocycles. The van der Waals surface area contributed by atoms with Crippen LogP contribution in [0.4, 0.5) is 15.9 Å². The summed E-state index contributed by atoms with van der Waals surface area (Å²) in [6.07, 6.45) is 1.68. The van der Waals surface area contributed by atoms with Crippen LogP contribution in [0.15, 0.2) is 43.0 Å². The fraction of sp³-hybridized carbons (Fsp3) is 0.133. The van der Waals surface area contributed by atoms with Gasteiger partial charge in [-0.25, -0.2) is 14.4 Å². The Balaban J connectivity index is 2.18. The topological polar surface area (TPSA) is 66.9 Å². The van der Waals surface area contributed by atoms with Crippen LogP contribution in [0.3, 0.4) is 0 Å². The number of carbonyl (C=O) groups is 1. The second kappa shape index (κ2) is 6.60. The number of carbonyl (C=O) groups excluding carboxylic acids is 1. The van der Waals surface area contributed by atoms with E-state index < -0.39 is 11.7 Å². The molecule has 1 aromatic heterocycles. The first kappa shape index (κ1) is 14.6. The van der Waals surface area contributed by atoms with Crippen LogP contribution in [0.2, 0.25) is 0 Å². The van der Waals surface area contributed by atoms with E-state index in [1.165, 1.54) is 24.3 Å². The quantitative estimate of drug-likeness (QED) is 0.829. The first-order valence-electron chi connectivity index (χ1n) is 6.36. The van der Waals surface area contributed by atoms with Gasteiger partial charge in [-0.2, -0.15) is 0 Å². The van der Waals surface area contributed by atoms with Crippen LogP contribution < -0.4 is 10.6 Å². The first-order valence-corrected chi connectivity index (χ1v) is 6.36. The van der Waals surface area contributed by atoms with Gasteiger partial charge >= 0.3 is 0 Å². The molecule has 0 saturated carbocycles. The second-order valence-corrected chi connectivity index (χ2v) is 4.32. The highest BCUT2D eigenvalue weighted by atomic mass is 19.1. The maximum Gasteiger partial charge on any atom is 0.274 e. The Labute approximate surface area is 121 Å². The molecule has 0 aliphatic heterocycles. The molecule has 108 valence electrons. The Hall–Kier alpha value is -2.76. The number of amides is 1. The Morgan fingerprint density at radius 3 is 2.90 bits per heavy atom. The standard InChI is InChI=1S/C15H15FN4O/c1-3-7-17-14-9-13(18-10(2)19-14)15(21)20-12-6-4-5-11(16)8-12/h3-6,8-9H,1,7H2,2H3,(H,20,21)(H,17,18,19). The first-order chi connectivity index (χ1) is 10.1. The molecule has 0 spiro atoms. The van der Waals surface area contributed by atoms with Gasteiger partial charge in [0.05, 0.1) is 0 Å². The zero-order valence-electron chi connectivity index (χ0n) is 11.6. The molecule has 2 aromatic rings. The predicted octanol–water partition coefficient (Wildman–Crippen LogP) is 2.77. The second-order valence-electron chi connectivity index (χ2n) is 4.32. The van der Waals surface area contributed by atoms with Crippen molar-refractivity contribution in [1.82, 2.24) is 9.97 Å². The Morgan fingerprint density at radius 1 is 1.38 bits per heavy atom. The van der Waals surface area contributed by atoms with E-state index in [0.717, 1.165) is 0 Å². The van der Waals surface area contributed by atoms with E-state index >= 15 is 0 Å². The molecule has 6 heteroatoms. The number of hydrogen-bond donors (Lipinski definition) is 2. The van der Waals surface area contributed by atoms with Crippen molar-refractivity contribution in [2.45, 2.75) is 6.92 Å². The summed E-state index contributed by atoms with van der Waals surface area (Å²) in [5, 5.41) is 5.59. The fourth-order valence-electron chi connectivity index (χ4n) is 1.71. The smallest absolute Gasteiger partial charge is 0.274 e. The summed E-state index contributed by atoms with van der Waals surface area (Å²) < 4.78 is 13.1. The van der Waals surface area contributed by atoms with E-state index in [0.29, 0.717) is 23.9 Å². The van der Waals surface area contributed by atoms with E-state index in [1.807, 2.05) is 0 Å². The lowest BCUT2D eigenvalue weighted by molar-refractivity contribution is 0.102. The highest BCUT2D eigenvalue weighted by molar-refractivity contribution is 6.03. The van der Waals surface area contributed by atoms with Crippen molar-refractivity contribution in [3.05, 3.63) is 60.3 Å². The van der Waals surface area contributed by atoms with Gasteiger partial charge in [-0.05, 0) is 25.1 Å². The molecular formula is C15H15FN4O. The number of nitrogens with zero attached hydrogens (tertiary/aromatic N) is 2. The number of rotatable bonds is 5. The van der Waals surface area contributed by atoms with E-state index in [4.69, 9.17) is 0 Å². The molecule has 0 atom stereocenters. The summed E-state index contributed by atoms with van der Waals surface area (Å²) >= 11 is 0. The Morgan fingerprint density at radius 2 is 2.19 bits per heavy atom. The van der Waals surface area contributed by atoms with Gasteiger partial charge in [0.15, 0.2) is 0 Å². The van der Waals surface area contributed by atoms with Gasteiger partial charge in [0.1, 0.15) is 23.2 Å². The third kappa shape index (κ3) is 4.10. The minimum absolute atomic E-state index is 0.207. The van der Waals surface area contributed by atoms with Crippen molar-refractivity contribution in [3.8, 4) is 0 Å². The maximum atomic E-state index is 13.1. The lowest BCUT2D eigenvalue weighted by Crippen LogP contribution is -2.16. The van der Waals surface area contributed by atoms with Gasteiger partial charge in [-0.1, -0.05) is 12.1 Å². The SMILES string of the molecule is C=CCNc1cc(C(=O)Nc2cccc(F)c2)nc(C)n1. The van der Waals surface area contributed by atoms with Gasteiger partial charge in [0, 0.05) is 18.3 Å². The highest BCUT2D eigenvalue weighted by Crippen LogP contribution is 2.12. The van der Waals surface area contributed by atoms with E-state index in [-0.39, 0.29) is 5.69 Å². The number of anilines is 2. The number of nitrogens with one attached hydrogen (secondary N) is 2. The Bertz CT molecular complexity index is 672. The third-order valence-corrected chi connectivity index (χ3v) is 2.58. The molecule has 0 aliphatic rings. The van der Waals surface area contributed by atoms with Gasteiger partial charge in [0.2, 0.25) is 0 Å². The molecule has 2 rings (SSSR count). The van der Waals surface area contributed by atoms with Gasteiger partial charge < -0.3 is 10.6 Å². The average molecular weight is 286 g/mol. The van der Waals surface area contributed by atoms with Gasteiger partial charge in [-0.15, -0.1) is 6.58 Å². The van der Waals surface area contributed by atoms with Crippen LogP contribution in [0, 0.1) is 12.7 Å². The molecule has 1 amide bonds. The molecule has 2 N–H and O–H groups in total. The molecule has 0 fully saturated rings. The van der Waals surface area contributed by atoms with Gasteiger partial charge in [-0.3, -0.25) is 4.79 Å². The fourth-order valence-corrected chi connectivity index (χ4v) is 1.71. The minimum atomic E-state index is -0.423. The van der Waals surface area contributed by atoms with Crippen molar-refractivity contribution >= 4 is 17.4 Å². The predicted molar refractivity (Wildman–Crippen MR) is 79.8 cm³/mol. The lowest BCUT2D eigenvalue weighted by atomic mass is 10.3. The molecular weight excluding hydrogens is 271 g/mol. The zero-order valence-corrected chi connectivity index (χ0v) is 11.6. The molecule has 0 bridgehead atoms. The van der Waals surface area contributed by atoms with Crippen LogP contribution in [-0.4, -0.2) is 22.4 Å². The largest absolute Gasteiger partial charge is 0.366 e. The number of aromatic nitrogens is 2. The lowest BCUT2D eigenvalue weighted by Gasteiger charge is -2.08. The van der Waals surface area contributed by atoms with Crippen molar-refractivity contribution < 1.29 is 9.18 Å². The van der Waals surface area contributed by atoms with Crippen molar-refractivity contribution in [3.63, 3.8) is 0 Å². The number of hydrogen-bond acceptors (Lipinski definition) is 4. The summed E-state index contributed by atoms with van der Waals surface area (Å²) in [6, 6.07) is 7.20. The minimum Gasteiger partial charge on any atom is -0.366 e. The molecule has 0 saturated heterocycles. The molecule has 0 radical (unpaired) electrons. The summed E-state index contributed by atoms with van der Waals surface area (Å²) in [7, 11) is 0. The summed E-state index contributed by atoms with van der Waals surface area (Å²) in [5.74, 6) is 0.160. The van der Waals surface area contributed by atoms with E-state index in [1.54, 1.807) is 19.1 Å². The molecule has 1 aromatic carbocycles. The number of benzene rings is 1. The molecule has 21 heavy (non-hydrogen) atoms. The maximum absolute atomic E-state index is 13.1. The van der Waals surface area contributed by atoms with Crippen LogP contribution in [0.1, 0.15) is 16.3 Å². The van der Waals surface area contributed by atoms with Crippen molar-refractivity contribution in [1.29, 1.82) is 0 Å². The Kier molecular flexibility index (Phi) is 4.61. The van der Waals surface area contributed by atoms with Crippen LogP contribution in [-0.2, 0) is 0 Å². The number of halogens is 1. The third-order valence-electron chi connectivity index (χ3n) is 2.58. The average Bonchev–Trinajstić information content (AvgIpc) is 2.44. The van der Waals surface area contributed by atoms with Crippen molar-refractivity contribution in [2.24, 2.45) is 0 Å². The van der Waals surface area contributed by atoms with Crippen LogP contribution in [0.25, 0.3) is 0 Å². The normalized spacial score (nSPS) is 10.0. The summed E-state index contributed by atoms with van der Waals surface area (Å²) in [6.45, 7) is 5.82. The van der Waals surface area contributed by atoms with Crippen LogP contribution >= 0.6 is 0 Å². The summed E-state index contributed by atoms with van der Waals surface area (Å²) in [4.78, 5) is 20.4. The molecule has 0 unspecified atom stereocenters. The molecule has 5 nitrogen and oxygen atoms in total.